The Balaban J connectivity index is 4.48. The lowest BCUT2D eigenvalue weighted by atomic mass is 9.93. The van der Waals surface area contributed by atoms with Crippen molar-refractivity contribution in [1.82, 2.24) is 16.0 Å². The highest BCUT2D eigenvalue weighted by Crippen LogP contribution is 2.19. The van der Waals surface area contributed by atoms with Crippen LogP contribution in [-0.2, 0) is 4.79 Å². The summed E-state index contributed by atoms with van der Waals surface area (Å²) in [6.07, 6.45) is 4.71. The molecule has 0 aliphatic heterocycles. The summed E-state index contributed by atoms with van der Waals surface area (Å²) in [7, 11) is 0. The number of hydrogen-bond donors (Lipinski definition) is 4. The summed E-state index contributed by atoms with van der Waals surface area (Å²) in [5, 5.41) is 19.9. The van der Waals surface area contributed by atoms with E-state index in [1.54, 1.807) is 0 Å². The van der Waals surface area contributed by atoms with Crippen molar-refractivity contribution in [3.05, 3.63) is 0 Å². The lowest BCUT2D eigenvalue weighted by molar-refractivity contribution is -0.121. The van der Waals surface area contributed by atoms with Crippen molar-refractivity contribution < 1.29 is 9.90 Å². The molecule has 142 valence electrons. The van der Waals surface area contributed by atoms with Gasteiger partial charge in [-0.25, -0.2) is 0 Å². The van der Waals surface area contributed by atoms with E-state index in [4.69, 9.17) is 0 Å². The first-order valence-corrected chi connectivity index (χ1v) is 9.44. The third-order valence-corrected chi connectivity index (χ3v) is 3.97. The SMILES string of the molecule is CCCC(O)(CCC)CN=C(NCC)NCCC(=O)NC(C)CC. The Kier molecular flexibility index (Phi) is 12.3. The third-order valence-electron chi connectivity index (χ3n) is 3.97. The number of aliphatic imine (C=N–C) groups is 1. The maximum absolute atomic E-state index is 11.8. The molecule has 0 bridgehead atoms. The first kappa shape index (κ1) is 22.7. The van der Waals surface area contributed by atoms with Crippen LogP contribution in [0.2, 0.25) is 0 Å². The Hall–Kier alpha value is -1.30. The van der Waals surface area contributed by atoms with E-state index in [-0.39, 0.29) is 11.9 Å². The standard InChI is InChI=1S/C18H38N4O2/c1-6-11-18(24,12-7-2)14-21-17(19-9-4)20-13-10-16(23)22-15(5)8-3/h15,24H,6-14H2,1-5H3,(H,22,23)(H2,19,20,21). The second-order valence-electron chi connectivity index (χ2n) is 6.47. The van der Waals surface area contributed by atoms with Gasteiger partial charge in [0.05, 0.1) is 12.1 Å². The van der Waals surface area contributed by atoms with Gasteiger partial charge in [-0.15, -0.1) is 0 Å². The molecule has 0 radical (unpaired) electrons. The molecule has 0 saturated heterocycles. The second-order valence-corrected chi connectivity index (χ2v) is 6.47. The van der Waals surface area contributed by atoms with Crippen LogP contribution in [0.1, 0.15) is 73.1 Å². The monoisotopic (exact) mass is 342 g/mol. The largest absolute Gasteiger partial charge is 0.388 e. The maximum Gasteiger partial charge on any atom is 0.221 e. The van der Waals surface area contributed by atoms with E-state index < -0.39 is 5.60 Å². The molecule has 0 aromatic rings. The Morgan fingerprint density at radius 1 is 1.12 bits per heavy atom. The quantitative estimate of drug-likeness (QED) is 0.323. The van der Waals surface area contributed by atoms with Crippen LogP contribution in [-0.4, -0.2) is 48.3 Å². The Bertz CT molecular complexity index is 366. The smallest absolute Gasteiger partial charge is 0.221 e. The number of aliphatic hydroxyl groups is 1. The topological polar surface area (TPSA) is 85.8 Å². The van der Waals surface area contributed by atoms with Crippen molar-refractivity contribution in [3.63, 3.8) is 0 Å². The molecule has 0 rings (SSSR count). The maximum atomic E-state index is 11.8. The summed E-state index contributed by atoms with van der Waals surface area (Å²) >= 11 is 0. The van der Waals surface area contributed by atoms with E-state index in [1.165, 1.54) is 0 Å². The van der Waals surface area contributed by atoms with E-state index in [0.29, 0.717) is 25.5 Å². The minimum absolute atomic E-state index is 0.0427. The molecule has 6 nitrogen and oxygen atoms in total. The number of hydrogen-bond acceptors (Lipinski definition) is 3. The molecule has 1 unspecified atom stereocenters. The fraction of sp³-hybridized carbons (Fsp3) is 0.889. The normalized spacial score (nSPS) is 13.5. The minimum atomic E-state index is -0.736. The lowest BCUT2D eigenvalue weighted by Gasteiger charge is -2.26. The number of carbonyl (C=O) groups excluding carboxylic acids is 1. The number of rotatable bonds is 12. The Morgan fingerprint density at radius 2 is 1.75 bits per heavy atom. The van der Waals surface area contributed by atoms with Gasteiger partial charge in [0, 0.05) is 25.6 Å². The number of amides is 1. The molecule has 0 fully saturated rings. The van der Waals surface area contributed by atoms with E-state index >= 15 is 0 Å². The number of nitrogens with one attached hydrogen (secondary N) is 3. The summed E-state index contributed by atoms with van der Waals surface area (Å²) in [5.41, 5.74) is -0.736. The molecule has 0 spiro atoms. The van der Waals surface area contributed by atoms with E-state index in [0.717, 1.165) is 38.6 Å². The first-order chi connectivity index (χ1) is 11.4. The van der Waals surface area contributed by atoms with Crippen molar-refractivity contribution in [1.29, 1.82) is 0 Å². The van der Waals surface area contributed by atoms with Gasteiger partial charge in [-0.3, -0.25) is 9.79 Å². The summed E-state index contributed by atoms with van der Waals surface area (Å²) in [6.45, 7) is 11.8. The van der Waals surface area contributed by atoms with Gasteiger partial charge in [-0.05, 0) is 33.1 Å². The van der Waals surface area contributed by atoms with Crippen LogP contribution < -0.4 is 16.0 Å². The average Bonchev–Trinajstić information content (AvgIpc) is 2.53. The Morgan fingerprint density at radius 3 is 2.25 bits per heavy atom. The van der Waals surface area contributed by atoms with Gasteiger partial charge in [0.2, 0.25) is 5.91 Å². The van der Waals surface area contributed by atoms with E-state index in [9.17, 15) is 9.90 Å². The van der Waals surface area contributed by atoms with Gasteiger partial charge in [-0.2, -0.15) is 0 Å². The zero-order valence-corrected chi connectivity index (χ0v) is 16.2. The van der Waals surface area contributed by atoms with Crippen LogP contribution in [0.3, 0.4) is 0 Å². The van der Waals surface area contributed by atoms with E-state index in [2.05, 4.69) is 34.8 Å². The van der Waals surface area contributed by atoms with Crippen molar-refractivity contribution >= 4 is 11.9 Å². The summed E-state index contributed by atoms with van der Waals surface area (Å²) < 4.78 is 0. The molecule has 0 saturated carbocycles. The van der Waals surface area contributed by atoms with Crippen LogP contribution in [0.4, 0.5) is 0 Å². The average molecular weight is 343 g/mol. The predicted molar refractivity (Wildman–Crippen MR) is 101 cm³/mol. The number of nitrogens with zero attached hydrogens (tertiary/aromatic N) is 1. The third kappa shape index (κ3) is 10.5. The zero-order chi connectivity index (χ0) is 18.4. The Labute approximate surface area is 147 Å². The van der Waals surface area contributed by atoms with E-state index in [1.807, 2.05) is 20.8 Å². The van der Waals surface area contributed by atoms with Gasteiger partial charge in [0.25, 0.3) is 0 Å². The molecule has 1 amide bonds. The summed E-state index contributed by atoms with van der Waals surface area (Å²) in [5.74, 6) is 0.695. The van der Waals surface area contributed by atoms with Gasteiger partial charge >= 0.3 is 0 Å². The lowest BCUT2D eigenvalue weighted by Crippen LogP contribution is -2.42. The van der Waals surface area contributed by atoms with Gasteiger partial charge < -0.3 is 21.1 Å². The second kappa shape index (κ2) is 13.0. The van der Waals surface area contributed by atoms with Gasteiger partial charge in [0.15, 0.2) is 5.96 Å². The predicted octanol–water partition coefficient (Wildman–Crippen LogP) is 2.18. The van der Waals surface area contributed by atoms with Crippen LogP contribution in [0.15, 0.2) is 4.99 Å². The van der Waals surface area contributed by atoms with Crippen LogP contribution in [0, 0.1) is 0 Å². The molecular weight excluding hydrogens is 304 g/mol. The van der Waals surface area contributed by atoms with Crippen molar-refractivity contribution in [2.75, 3.05) is 19.6 Å². The fourth-order valence-electron chi connectivity index (χ4n) is 2.53. The highest BCUT2D eigenvalue weighted by Gasteiger charge is 2.24. The molecule has 0 aliphatic rings. The van der Waals surface area contributed by atoms with Crippen molar-refractivity contribution in [3.8, 4) is 0 Å². The number of carbonyl (C=O) groups is 1. The first-order valence-electron chi connectivity index (χ1n) is 9.44. The van der Waals surface area contributed by atoms with Crippen LogP contribution in [0.5, 0.6) is 0 Å². The van der Waals surface area contributed by atoms with Crippen LogP contribution in [0.25, 0.3) is 0 Å². The molecule has 0 aliphatic carbocycles. The molecule has 1 atom stereocenters. The highest BCUT2D eigenvalue weighted by atomic mass is 16.3. The molecule has 4 N–H and O–H groups in total. The molecule has 6 heteroatoms. The number of guanidine groups is 1. The fourth-order valence-corrected chi connectivity index (χ4v) is 2.53. The van der Waals surface area contributed by atoms with Crippen molar-refractivity contribution in [2.45, 2.75) is 84.8 Å². The van der Waals surface area contributed by atoms with Crippen molar-refractivity contribution in [2.24, 2.45) is 4.99 Å². The molecule has 0 aromatic carbocycles. The molecule has 0 heterocycles. The zero-order valence-electron chi connectivity index (χ0n) is 16.2. The molecule has 0 aromatic heterocycles. The molecule has 24 heavy (non-hydrogen) atoms. The molecular formula is C18H38N4O2. The highest BCUT2D eigenvalue weighted by molar-refractivity contribution is 5.81. The minimum Gasteiger partial charge on any atom is -0.388 e. The van der Waals surface area contributed by atoms with Gasteiger partial charge in [0.1, 0.15) is 0 Å². The summed E-state index contributed by atoms with van der Waals surface area (Å²) in [4.78, 5) is 16.3. The van der Waals surface area contributed by atoms with Crippen LogP contribution >= 0.6 is 0 Å². The van der Waals surface area contributed by atoms with Gasteiger partial charge in [-0.1, -0.05) is 33.6 Å². The summed E-state index contributed by atoms with van der Waals surface area (Å²) in [6, 6.07) is 0.206.